The lowest BCUT2D eigenvalue weighted by atomic mass is 10.2. The van der Waals surface area contributed by atoms with Crippen LogP contribution in [0.2, 0.25) is 0 Å². The van der Waals surface area contributed by atoms with E-state index in [9.17, 15) is 4.79 Å². The van der Waals surface area contributed by atoms with Crippen LogP contribution in [-0.2, 0) is 4.74 Å². The second-order valence-electron chi connectivity index (χ2n) is 5.81. The van der Waals surface area contributed by atoms with Crippen molar-refractivity contribution in [3.8, 4) is 11.5 Å². The van der Waals surface area contributed by atoms with Gasteiger partial charge < -0.3 is 19.7 Å². The zero-order valence-corrected chi connectivity index (χ0v) is 13.7. The predicted molar refractivity (Wildman–Crippen MR) is 91.7 cm³/mol. The Kier molecular flexibility index (Phi) is 5.82. The zero-order chi connectivity index (χ0) is 16.6. The quantitative estimate of drug-likeness (QED) is 0.836. The van der Waals surface area contributed by atoms with Gasteiger partial charge in [-0.25, -0.2) is 0 Å². The molecule has 0 unspecified atom stereocenters. The fraction of sp³-hybridized carbons (Fsp3) is 0.316. The molecule has 1 saturated heterocycles. The van der Waals surface area contributed by atoms with Gasteiger partial charge in [-0.05, 0) is 30.3 Å². The predicted octanol–water partition coefficient (Wildman–Crippen LogP) is 1.12. The summed E-state index contributed by atoms with van der Waals surface area (Å²) in [5, 5.41) is 2.98. The van der Waals surface area contributed by atoms with Gasteiger partial charge in [0.15, 0.2) is 0 Å². The molecule has 1 amide bonds. The molecule has 1 heterocycles. The lowest BCUT2D eigenvalue weighted by molar-refractivity contribution is -0.906. The van der Waals surface area contributed by atoms with Gasteiger partial charge in [-0.2, -0.15) is 0 Å². The molecule has 3 rings (SSSR count). The van der Waals surface area contributed by atoms with E-state index in [-0.39, 0.29) is 5.91 Å². The first-order valence-corrected chi connectivity index (χ1v) is 8.34. The highest BCUT2D eigenvalue weighted by Gasteiger charge is 2.14. The van der Waals surface area contributed by atoms with E-state index in [0.29, 0.717) is 17.9 Å². The minimum atomic E-state index is -0.0684. The second kappa shape index (κ2) is 8.47. The summed E-state index contributed by atoms with van der Waals surface area (Å²) in [4.78, 5) is 13.8. The molecule has 0 radical (unpaired) electrons. The molecular formula is C19H23N2O3+. The Bertz CT molecular complexity index is 655. The molecule has 1 aliphatic heterocycles. The average Bonchev–Trinajstić information content (AvgIpc) is 2.64. The number of amides is 1. The van der Waals surface area contributed by atoms with E-state index >= 15 is 0 Å². The van der Waals surface area contributed by atoms with E-state index in [1.165, 1.54) is 4.90 Å². The number of hydrogen-bond donors (Lipinski definition) is 2. The molecule has 126 valence electrons. The third-order valence-electron chi connectivity index (χ3n) is 4.04. The summed E-state index contributed by atoms with van der Waals surface area (Å²) in [5.41, 5.74) is 0.611. The topological polar surface area (TPSA) is 52.0 Å². The molecule has 0 aromatic heterocycles. The van der Waals surface area contributed by atoms with Crippen LogP contribution in [-0.4, -0.2) is 45.3 Å². The number of morpholine rings is 1. The van der Waals surface area contributed by atoms with Gasteiger partial charge in [-0.1, -0.05) is 24.3 Å². The lowest BCUT2D eigenvalue weighted by Crippen LogP contribution is -3.14. The number of carbonyl (C=O) groups excluding carboxylic acids is 1. The SMILES string of the molecule is O=C(NCC[NH+]1CCOCC1)c1cccc(Oc2ccccc2)c1. The van der Waals surface area contributed by atoms with Crippen LogP contribution in [0.5, 0.6) is 11.5 Å². The second-order valence-corrected chi connectivity index (χ2v) is 5.81. The Morgan fingerprint density at radius 3 is 2.58 bits per heavy atom. The minimum absolute atomic E-state index is 0.0684. The van der Waals surface area contributed by atoms with Crippen LogP contribution >= 0.6 is 0 Å². The van der Waals surface area contributed by atoms with E-state index in [1.807, 2.05) is 42.5 Å². The highest BCUT2D eigenvalue weighted by molar-refractivity contribution is 5.94. The van der Waals surface area contributed by atoms with Gasteiger partial charge in [0.25, 0.3) is 5.91 Å². The summed E-state index contributed by atoms with van der Waals surface area (Å²) in [5.74, 6) is 1.35. The van der Waals surface area contributed by atoms with Crippen LogP contribution in [0.1, 0.15) is 10.4 Å². The van der Waals surface area contributed by atoms with Crippen molar-refractivity contribution in [2.24, 2.45) is 0 Å². The molecule has 0 atom stereocenters. The lowest BCUT2D eigenvalue weighted by Gasteiger charge is -2.23. The molecule has 0 aliphatic carbocycles. The van der Waals surface area contributed by atoms with Gasteiger partial charge >= 0.3 is 0 Å². The normalized spacial score (nSPS) is 15.0. The number of benzene rings is 2. The Labute approximate surface area is 142 Å². The number of carbonyl (C=O) groups is 1. The van der Waals surface area contributed by atoms with Gasteiger partial charge in [0, 0.05) is 5.56 Å². The standard InChI is InChI=1S/C19H22N2O3/c22-19(20-9-10-21-11-13-23-14-12-21)16-5-4-8-18(15-16)24-17-6-2-1-3-7-17/h1-8,15H,9-14H2,(H,20,22)/p+1. The van der Waals surface area contributed by atoms with Gasteiger partial charge in [0.05, 0.1) is 26.3 Å². The number of rotatable bonds is 6. The Balaban J connectivity index is 1.52. The average molecular weight is 327 g/mol. The monoisotopic (exact) mass is 327 g/mol. The third kappa shape index (κ3) is 4.81. The van der Waals surface area contributed by atoms with Crippen molar-refractivity contribution >= 4 is 5.91 Å². The Morgan fingerprint density at radius 1 is 1.04 bits per heavy atom. The largest absolute Gasteiger partial charge is 0.457 e. The molecule has 5 heteroatoms. The van der Waals surface area contributed by atoms with E-state index < -0.39 is 0 Å². The van der Waals surface area contributed by atoms with Crippen LogP contribution in [0.3, 0.4) is 0 Å². The van der Waals surface area contributed by atoms with Crippen molar-refractivity contribution < 1.29 is 19.2 Å². The molecule has 2 aromatic rings. The highest BCUT2D eigenvalue weighted by Crippen LogP contribution is 2.21. The maximum absolute atomic E-state index is 12.3. The summed E-state index contributed by atoms with van der Waals surface area (Å²) in [7, 11) is 0. The van der Waals surface area contributed by atoms with Crippen molar-refractivity contribution in [1.29, 1.82) is 0 Å². The molecule has 0 saturated carbocycles. The summed E-state index contributed by atoms with van der Waals surface area (Å²) < 4.78 is 11.1. The molecule has 2 N–H and O–H groups in total. The van der Waals surface area contributed by atoms with Crippen LogP contribution in [0.15, 0.2) is 54.6 Å². The van der Waals surface area contributed by atoms with Crippen molar-refractivity contribution in [3.05, 3.63) is 60.2 Å². The molecule has 0 bridgehead atoms. The summed E-state index contributed by atoms with van der Waals surface area (Å²) in [6.45, 7) is 5.23. The van der Waals surface area contributed by atoms with Crippen LogP contribution in [0, 0.1) is 0 Å². The van der Waals surface area contributed by atoms with Crippen molar-refractivity contribution in [2.75, 3.05) is 39.4 Å². The number of hydrogen-bond acceptors (Lipinski definition) is 3. The third-order valence-corrected chi connectivity index (χ3v) is 4.04. The molecule has 1 fully saturated rings. The van der Waals surface area contributed by atoms with Gasteiger partial charge in [0.2, 0.25) is 0 Å². The van der Waals surface area contributed by atoms with Crippen molar-refractivity contribution in [1.82, 2.24) is 5.32 Å². The fourth-order valence-electron chi connectivity index (χ4n) is 2.69. The first-order chi connectivity index (χ1) is 11.8. The van der Waals surface area contributed by atoms with Gasteiger partial charge in [-0.3, -0.25) is 4.79 Å². The maximum atomic E-state index is 12.3. The van der Waals surface area contributed by atoms with Gasteiger partial charge in [-0.15, -0.1) is 0 Å². The number of nitrogens with one attached hydrogen (secondary N) is 2. The van der Waals surface area contributed by atoms with E-state index in [0.717, 1.165) is 38.6 Å². The molecular weight excluding hydrogens is 304 g/mol. The minimum Gasteiger partial charge on any atom is -0.457 e. The van der Waals surface area contributed by atoms with Crippen molar-refractivity contribution in [2.45, 2.75) is 0 Å². The van der Waals surface area contributed by atoms with Crippen molar-refractivity contribution in [3.63, 3.8) is 0 Å². The Hall–Kier alpha value is -2.37. The summed E-state index contributed by atoms with van der Waals surface area (Å²) in [6, 6.07) is 16.8. The molecule has 0 spiro atoms. The molecule has 5 nitrogen and oxygen atoms in total. The van der Waals surface area contributed by atoms with E-state index in [4.69, 9.17) is 9.47 Å². The summed E-state index contributed by atoms with van der Waals surface area (Å²) >= 11 is 0. The van der Waals surface area contributed by atoms with E-state index in [2.05, 4.69) is 5.32 Å². The first-order valence-electron chi connectivity index (χ1n) is 8.34. The maximum Gasteiger partial charge on any atom is 0.251 e. The van der Waals surface area contributed by atoms with Gasteiger partial charge in [0.1, 0.15) is 24.6 Å². The van der Waals surface area contributed by atoms with Crippen LogP contribution < -0.4 is 15.0 Å². The van der Waals surface area contributed by atoms with E-state index in [1.54, 1.807) is 12.1 Å². The molecule has 1 aliphatic rings. The van der Waals surface area contributed by atoms with Crippen LogP contribution in [0.25, 0.3) is 0 Å². The first kappa shape index (κ1) is 16.5. The highest BCUT2D eigenvalue weighted by atomic mass is 16.5. The zero-order valence-electron chi connectivity index (χ0n) is 13.7. The number of para-hydroxylation sites is 1. The number of ether oxygens (including phenoxy) is 2. The summed E-state index contributed by atoms with van der Waals surface area (Å²) in [6.07, 6.45) is 0. The fourth-order valence-corrected chi connectivity index (χ4v) is 2.69. The van der Waals surface area contributed by atoms with Crippen LogP contribution in [0.4, 0.5) is 0 Å². The smallest absolute Gasteiger partial charge is 0.251 e. The molecule has 2 aromatic carbocycles. The Morgan fingerprint density at radius 2 is 1.79 bits per heavy atom. The molecule has 24 heavy (non-hydrogen) atoms. The number of quaternary nitrogens is 1.